The maximum Gasteiger partial charge on any atom is 0.278 e. The topological polar surface area (TPSA) is 63.7 Å². The van der Waals surface area contributed by atoms with Gasteiger partial charge >= 0.3 is 0 Å². The fourth-order valence-corrected chi connectivity index (χ4v) is 4.88. The number of halogens is 1. The number of carbonyl (C=O) groups is 1. The van der Waals surface area contributed by atoms with Crippen molar-refractivity contribution >= 4 is 37.5 Å². The van der Waals surface area contributed by atoms with Crippen molar-refractivity contribution in [3.63, 3.8) is 0 Å². The Hall–Kier alpha value is -2.64. The molecule has 0 fully saturated rings. The van der Waals surface area contributed by atoms with E-state index in [0.29, 0.717) is 5.75 Å². The molecular weight excluding hydrogens is 490 g/mol. The Balaban J connectivity index is 1.91. The molecule has 0 spiro atoms. The van der Waals surface area contributed by atoms with Gasteiger partial charge in [-0.05, 0) is 73.4 Å². The molecule has 3 aromatic rings. The lowest BCUT2D eigenvalue weighted by molar-refractivity contribution is -0.119. The number of hydrogen-bond acceptors (Lipinski definition) is 4. The Morgan fingerprint density at radius 3 is 2.31 bits per heavy atom. The van der Waals surface area contributed by atoms with Gasteiger partial charge in [-0.2, -0.15) is 4.31 Å². The van der Waals surface area contributed by atoms with Crippen LogP contribution in [0.5, 0.6) is 5.75 Å². The van der Waals surface area contributed by atoms with E-state index in [-0.39, 0.29) is 10.6 Å². The SMILES string of the molecule is CCCCc1ccc(N(C(=O)COc2ccc(Br)c(C)c2)S(=O)(=O)c2ccccc2)cc1. The second-order valence-corrected chi connectivity index (χ2v) is 10.1. The van der Waals surface area contributed by atoms with E-state index in [1.165, 1.54) is 12.1 Å². The third-order valence-electron chi connectivity index (χ3n) is 4.99. The Morgan fingerprint density at radius 1 is 1.00 bits per heavy atom. The van der Waals surface area contributed by atoms with Crippen molar-refractivity contribution in [3.8, 4) is 5.75 Å². The van der Waals surface area contributed by atoms with Gasteiger partial charge in [-0.25, -0.2) is 8.42 Å². The van der Waals surface area contributed by atoms with Crippen LogP contribution in [0.15, 0.2) is 82.2 Å². The zero-order chi connectivity index (χ0) is 23.1. The number of amides is 1. The summed E-state index contributed by atoms with van der Waals surface area (Å²) in [6.45, 7) is 3.61. The zero-order valence-electron chi connectivity index (χ0n) is 18.1. The second-order valence-electron chi connectivity index (χ2n) is 7.45. The number of unbranched alkanes of at least 4 members (excludes halogenated alkanes) is 1. The monoisotopic (exact) mass is 515 g/mol. The van der Waals surface area contributed by atoms with Gasteiger partial charge < -0.3 is 4.74 Å². The molecule has 0 bridgehead atoms. The summed E-state index contributed by atoms with van der Waals surface area (Å²) in [6, 6.07) is 20.4. The third kappa shape index (κ3) is 5.78. The van der Waals surface area contributed by atoms with Gasteiger partial charge in [0.1, 0.15) is 5.75 Å². The van der Waals surface area contributed by atoms with Gasteiger partial charge in [-0.15, -0.1) is 0 Å². The van der Waals surface area contributed by atoms with E-state index in [4.69, 9.17) is 4.74 Å². The van der Waals surface area contributed by atoms with Crippen LogP contribution in [0.1, 0.15) is 30.9 Å². The first-order chi connectivity index (χ1) is 15.3. The average molecular weight is 516 g/mol. The quantitative estimate of drug-likeness (QED) is 0.355. The summed E-state index contributed by atoms with van der Waals surface area (Å²) in [6.07, 6.45) is 3.02. The molecule has 0 aliphatic heterocycles. The zero-order valence-corrected chi connectivity index (χ0v) is 20.5. The molecule has 0 saturated heterocycles. The number of benzene rings is 3. The molecule has 0 aromatic heterocycles. The summed E-state index contributed by atoms with van der Waals surface area (Å²) in [5, 5.41) is 0. The molecule has 32 heavy (non-hydrogen) atoms. The summed E-state index contributed by atoms with van der Waals surface area (Å²) in [5.41, 5.74) is 2.34. The lowest BCUT2D eigenvalue weighted by Crippen LogP contribution is -2.40. The highest BCUT2D eigenvalue weighted by Crippen LogP contribution is 2.26. The number of rotatable bonds is 9. The summed E-state index contributed by atoms with van der Waals surface area (Å²) in [4.78, 5) is 13.2. The van der Waals surface area contributed by atoms with E-state index in [1.807, 2.05) is 25.1 Å². The van der Waals surface area contributed by atoms with Crippen molar-refractivity contribution < 1.29 is 17.9 Å². The molecule has 7 heteroatoms. The van der Waals surface area contributed by atoms with Crippen LogP contribution < -0.4 is 9.04 Å². The first-order valence-corrected chi connectivity index (χ1v) is 12.7. The summed E-state index contributed by atoms with van der Waals surface area (Å²) in [7, 11) is -4.11. The van der Waals surface area contributed by atoms with Gasteiger partial charge in [0, 0.05) is 4.47 Å². The first-order valence-electron chi connectivity index (χ1n) is 10.4. The smallest absolute Gasteiger partial charge is 0.278 e. The van der Waals surface area contributed by atoms with E-state index in [0.717, 1.165) is 39.2 Å². The number of ether oxygens (including phenoxy) is 1. The number of hydrogen-bond donors (Lipinski definition) is 0. The molecule has 168 valence electrons. The number of carbonyl (C=O) groups excluding carboxylic acids is 1. The molecule has 0 saturated carbocycles. The molecule has 3 rings (SSSR count). The predicted octanol–water partition coefficient (Wildman–Crippen LogP) is 5.90. The van der Waals surface area contributed by atoms with Crippen molar-refractivity contribution in [2.75, 3.05) is 10.9 Å². The van der Waals surface area contributed by atoms with Crippen LogP contribution in [0.2, 0.25) is 0 Å². The summed E-state index contributed by atoms with van der Waals surface area (Å²) < 4.78 is 34.2. The van der Waals surface area contributed by atoms with E-state index < -0.39 is 22.5 Å². The molecule has 5 nitrogen and oxygen atoms in total. The summed E-state index contributed by atoms with van der Waals surface area (Å²) in [5.74, 6) is -0.179. The van der Waals surface area contributed by atoms with Crippen LogP contribution in [0.3, 0.4) is 0 Å². The fourth-order valence-electron chi connectivity index (χ4n) is 3.20. The molecule has 0 unspecified atom stereocenters. The number of aryl methyl sites for hydroxylation is 2. The average Bonchev–Trinajstić information content (AvgIpc) is 2.80. The molecule has 3 aromatic carbocycles. The Kier molecular flexibility index (Phi) is 8.10. The highest BCUT2D eigenvalue weighted by Gasteiger charge is 2.31. The van der Waals surface area contributed by atoms with Crippen molar-refractivity contribution in [1.82, 2.24) is 0 Å². The van der Waals surface area contributed by atoms with Crippen LogP contribution >= 0.6 is 15.9 Å². The highest BCUT2D eigenvalue weighted by molar-refractivity contribution is 9.10. The van der Waals surface area contributed by atoms with Gasteiger partial charge in [-0.1, -0.05) is 59.6 Å². The highest BCUT2D eigenvalue weighted by atomic mass is 79.9. The third-order valence-corrected chi connectivity index (χ3v) is 7.64. The fraction of sp³-hybridized carbons (Fsp3) is 0.240. The van der Waals surface area contributed by atoms with E-state index >= 15 is 0 Å². The minimum Gasteiger partial charge on any atom is -0.484 e. The molecule has 0 aliphatic rings. The Bertz CT molecular complexity index is 1160. The largest absolute Gasteiger partial charge is 0.484 e. The van der Waals surface area contributed by atoms with Gasteiger partial charge in [0.15, 0.2) is 6.61 Å². The van der Waals surface area contributed by atoms with Crippen molar-refractivity contribution in [3.05, 3.63) is 88.4 Å². The molecule has 0 N–H and O–H groups in total. The van der Waals surface area contributed by atoms with Crippen molar-refractivity contribution in [1.29, 1.82) is 0 Å². The van der Waals surface area contributed by atoms with Crippen LogP contribution in [-0.4, -0.2) is 20.9 Å². The minimum atomic E-state index is -4.11. The van der Waals surface area contributed by atoms with Gasteiger partial charge in [-0.3, -0.25) is 4.79 Å². The molecule has 0 aliphatic carbocycles. The van der Waals surface area contributed by atoms with E-state index in [1.54, 1.807) is 42.5 Å². The minimum absolute atomic E-state index is 0.0443. The maximum atomic E-state index is 13.4. The van der Waals surface area contributed by atoms with Gasteiger partial charge in [0.2, 0.25) is 0 Å². The molecule has 0 atom stereocenters. The molecule has 0 heterocycles. The standard InChI is InChI=1S/C25H26BrNO4S/c1-3-4-8-20-11-13-21(14-12-20)27(32(29,30)23-9-6-5-7-10-23)25(28)18-31-22-15-16-24(26)19(2)17-22/h5-7,9-17H,3-4,8,18H2,1-2H3. The molecule has 1 amide bonds. The second kappa shape index (κ2) is 10.8. The maximum absolute atomic E-state index is 13.4. The Labute approximate surface area is 198 Å². The van der Waals surface area contributed by atoms with E-state index in [9.17, 15) is 13.2 Å². The number of nitrogens with zero attached hydrogens (tertiary/aromatic N) is 1. The Morgan fingerprint density at radius 2 is 1.69 bits per heavy atom. The first kappa shape index (κ1) is 24.0. The van der Waals surface area contributed by atoms with Gasteiger partial charge in [0.05, 0.1) is 10.6 Å². The molecule has 0 radical (unpaired) electrons. The van der Waals surface area contributed by atoms with Crippen molar-refractivity contribution in [2.24, 2.45) is 0 Å². The number of anilines is 1. The van der Waals surface area contributed by atoms with Crippen LogP contribution in [0.25, 0.3) is 0 Å². The predicted molar refractivity (Wildman–Crippen MR) is 131 cm³/mol. The van der Waals surface area contributed by atoms with Crippen LogP contribution in [-0.2, 0) is 21.2 Å². The summed E-state index contributed by atoms with van der Waals surface area (Å²) >= 11 is 3.43. The number of sulfonamides is 1. The van der Waals surface area contributed by atoms with Crippen LogP contribution in [0.4, 0.5) is 5.69 Å². The van der Waals surface area contributed by atoms with Crippen molar-refractivity contribution in [2.45, 2.75) is 38.0 Å². The van der Waals surface area contributed by atoms with E-state index in [2.05, 4.69) is 22.9 Å². The normalized spacial score (nSPS) is 11.2. The van der Waals surface area contributed by atoms with Crippen LogP contribution in [0, 0.1) is 6.92 Å². The van der Waals surface area contributed by atoms with Gasteiger partial charge in [0.25, 0.3) is 15.9 Å². The molecular formula is C25H26BrNO4S. The lowest BCUT2D eigenvalue weighted by Gasteiger charge is -2.23. The lowest BCUT2D eigenvalue weighted by atomic mass is 10.1.